The fourth-order valence-electron chi connectivity index (χ4n) is 7.42. The van der Waals surface area contributed by atoms with Crippen molar-refractivity contribution in [2.75, 3.05) is 54.4 Å². The zero-order valence-electron chi connectivity index (χ0n) is 30.1. The number of hydrogen-bond donors (Lipinski definition) is 2. The molecule has 0 spiro atoms. The molecule has 6 aliphatic rings. The van der Waals surface area contributed by atoms with Gasteiger partial charge in [0.2, 0.25) is 0 Å². The lowest BCUT2D eigenvalue weighted by Gasteiger charge is -2.22. The maximum absolute atomic E-state index is 5.52. The summed E-state index contributed by atoms with van der Waals surface area (Å²) in [5.74, 6) is 0. The second-order valence-corrected chi connectivity index (χ2v) is 14.2. The van der Waals surface area contributed by atoms with Gasteiger partial charge in [-0.2, -0.15) is 0 Å². The zero-order valence-corrected chi connectivity index (χ0v) is 30.1. The van der Waals surface area contributed by atoms with E-state index in [0.29, 0.717) is 0 Å². The molecule has 0 atom stereocenters. The Bertz CT molecular complexity index is 2480. The van der Waals surface area contributed by atoms with Crippen molar-refractivity contribution in [1.82, 2.24) is 39.5 Å². The van der Waals surface area contributed by atoms with Gasteiger partial charge in [0, 0.05) is 93.2 Å². The summed E-state index contributed by atoms with van der Waals surface area (Å²) in [6, 6.07) is 10.7. The van der Waals surface area contributed by atoms with Gasteiger partial charge >= 0.3 is 0 Å². The summed E-state index contributed by atoms with van der Waals surface area (Å²) in [6.45, 7) is 3.28. The van der Waals surface area contributed by atoms with Crippen LogP contribution in [0.1, 0.15) is 39.5 Å². The molecule has 8 nitrogen and oxygen atoms in total. The number of fused-ring (bicyclic) bond motifs is 8. The van der Waals surface area contributed by atoms with Gasteiger partial charge in [-0.3, -0.25) is 0 Å². The molecule has 52 heavy (non-hydrogen) atoms. The number of hydrogen-bond acceptors (Lipinski definition) is 6. The number of H-pyrrole nitrogens is 2. The van der Waals surface area contributed by atoms with Gasteiger partial charge in [0.25, 0.3) is 0 Å². The van der Waals surface area contributed by atoms with Crippen LogP contribution in [0.4, 0.5) is 0 Å². The van der Waals surface area contributed by atoms with Crippen LogP contribution in [0, 0.1) is 0 Å². The molecule has 9 rings (SSSR count). The predicted octanol–water partition coefficient (Wildman–Crippen LogP) is 7.94. The lowest BCUT2D eigenvalue weighted by Crippen LogP contribution is -2.15. The van der Waals surface area contributed by atoms with Crippen molar-refractivity contribution in [2.45, 2.75) is 0 Å². The maximum Gasteiger partial charge on any atom is 0.0815 e. The third kappa shape index (κ3) is 5.96. The molecule has 3 aromatic rings. The van der Waals surface area contributed by atoms with Gasteiger partial charge in [0.15, 0.2) is 0 Å². The van der Waals surface area contributed by atoms with Gasteiger partial charge in [-0.1, -0.05) is 24.3 Å². The Morgan fingerprint density at radius 2 is 1.00 bits per heavy atom. The Labute approximate surface area is 304 Å². The van der Waals surface area contributed by atoms with Crippen LogP contribution in [0.2, 0.25) is 0 Å². The fraction of sp³-hybridized carbons (Fsp3) is 0.182. The molecule has 0 radical (unpaired) electrons. The molecule has 0 unspecified atom stereocenters. The number of nitrogens with zero attached hydrogens (tertiary/aromatic N) is 6. The van der Waals surface area contributed by atoms with Gasteiger partial charge < -0.3 is 29.6 Å². The monoisotopic (exact) mass is 682 g/mol. The standard InChI is InChI=1S/C44H42N8/c1-49-17-9-29(10-18-49)38-27-37-26-35-6-5-33(45-35)25-34-7-8-36(46-34)28-39-40(30-11-19-50(2)20-12-30)41(31-13-21-51(3)22-14-31)44(48-39)42(43(38)47-37)32-15-23-52(4)24-16-32/h5-17,19,21,23,25-28,45,48H,18,20,22,24H2,1-4H3. The molecule has 9 heterocycles. The van der Waals surface area contributed by atoms with Crippen LogP contribution >= 0.6 is 0 Å². The summed E-state index contributed by atoms with van der Waals surface area (Å²) in [5, 5.41) is 0. The first-order chi connectivity index (χ1) is 25.3. The van der Waals surface area contributed by atoms with E-state index in [9.17, 15) is 0 Å². The van der Waals surface area contributed by atoms with Crippen molar-refractivity contribution in [2.24, 2.45) is 0 Å². The Balaban J connectivity index is 1.47. The van der Waals surface area contributed by atoms with Crippen LogP contribution in [0.3, 0.4) is 0 Å². The van der Waals surface area contributed by atoms with E-state index in [0.717, 1.165) is 87.7 Å². The average molecular weight is 683 g/mol. The minimum atomic E-state index is 0.801. The predicted molar refractivity (Wildman–Crippen MR) is 217 cm³/mol. The van der Waals surface area contributed by atoms with E-state index in [1.165, 1.54) is 27.8 Å². The molecule has 8 heteroatoms. The van der Waals surface area contributed by atoms with Gasteiger partial charge in [-0.05, 0) is 120 Å². The molecule has 0 aromatic carbocycles. The van der Waals surface area contributed by atoms with Gasteiger partial charge in [-0.15, -0.1) is 0 Å². The van der Waals surface area contributed by atoms with E-state index in [1.54, 1.807) is 0 Å². The van der Waals surface area contributed by atoms with Crippen molar-refractivity contribution in [3.05, 3.63) is 149 Å². The third-order valence-corrected chi connectivity index (χ3v) is 10.2. The van der Waals surface area contributed by atoms with E-state index in [-0.39, 0.29) is 0 Å². The summed E-state index contributed by atoms with van der Waals surface area (Å²) in [4.78, 5) is 27.0. The van der Waals surface area contributed by atoms with E-state index >= 15 is 0 Å². The molecular weight excluding hydrogens is 641 g/mol. The largest absolute Gasteiger partial charge is 0.377 e. The van der Waals surface area contributed by atoms with Gasteiger partial charge in [-0.25, -0.2) is 9.97 Å². The van der Waals surface area contributed by atoms with Crippen molar-refractivity contribution in [3.63, 3.8) is 0 Å². The van der Waals surface area contributed by atoms with E-state index in [2.05, 4.69) is 180 Å². The first-order valence-corrected chi connectivity index (χ1v) is 17.9. The lowest BCUT2D eigenvalue weighted by atomic mass is 9.89. The molecule has 0 aliphatic carbocycles. The van der Waals surface area contributed by atoms with Crippen molar-refractivity contribution in [1.29, 1.82) is 0 Å². The van der Waals surface area contributed by atoms with Crippen LogP contribution in [0.25, 0.3) is 62.6 Å². The summed E-state index contributed by atoms with van der Waals surface area (Å²) >= 11 is 0. The minimum Gasteiger partial charge on any atom is -0.377 e. The highest BCUT2D eigenvalue weighted by Crippen LogP contribution is 2.43. The highest BCUT2D eigenvalue weighted by Gasteiger charge is 2.27. The second-order valence-electron chi connectivity index (χ2n) is 14.2. The molecule has 258 valence electrons. The molecule has 0 fully saturated rings. The molecule has 0 saturated heterocycles. The smallest absolute Gasteiger partial charge is 0.0815 e. The molecule has 2 N–H and O–H groups in total. The number of allylic oxidation sites excluding steroid dienone is 9. The molecule has 0 saturated carbocycles. The van der Waals surface area contributed by atoms with Gasteiger partial charge in [0.1, 0.15) is 0 Å². The quantitative estimate of drug-likeness (QED) is 0.228. The second kappa shape index (κ2) is 12.8. The molecule has 3 aromatic heterocycles. The number of nitrogens with one attached hydrogen (secondary N) is 2. The van der Waals surface area contributed by atoms with Crippen molar-refractivity contribution < 1.29 is 0 Å². The van der Waals surface area contributed by atoms with Gasteiger partial charge in [0.05, 0.1) is 28.3 Å². The lowest BCUT2D eigenvalue weighted by molar-refractivity contribution is 0.503. The maximum atomic E-state index is 5.52. The Hall–Kier alpha value is -6.28. The van der Waals surface area contributed by atoms with Crippen LogP contribution in [0.5, 0.6) is 0 Å². The highest BCUT2D eigenvalue weighted by molar-refractivity contribution is 6.08. The SMILES string of the molecule is CN1C=CC(C2=Cc3cc4ccc(cc5nc(cc6[nH]c(c(C7=CCN(C)C=C7)c2n3)c(C2=CCN(C)C=C2)c6C2=CCN(C)C=C2)C=C5)[nH]4)=CC1. The Morgan fingerprint density at radius 3 is 1.56 bits per heavy atom. The van der Waals surface area contributed by atoms with Crippen LogP contribution in [-0.4, -0.2) is 93.9 Å². The molecule has 0 amide bonds. The first kappa shape index (κ1) is 31.7. The Kier molecular flexibility index (Phi) is 7.80. The third-order valence-electron chi connectivity index (χ3n) is 10.2. The Morgan fingerprint density at radius 1 is 0.500 bits per heavy atom. The van der Waals surface area contributed by atoms with E-state index < -0.39 is 0 Å². The van der Waals surface area contributed by atoms with E-state index in [1.807, 2.05) is 0 Å². The summed E-state index contributed by atoms with van der Waals surface area (Å²) < 4.78 is 0. The average Bonchev–Trinajstić information content (AvgIpc) is 3.95. The normalized spacial score (nSPS) is 18.1. The van der Waals surface area contributed by atoms with Crippen LogP contribution < -0.4 is 0 Å². The minimum absolute atomic E-state index is 0.801. The number of likely N-dealkylation sites (N-methyl/N-ethyl adjacent to an activating group) is 4. The fourth-order valence-corrected chi connectivity index (χ4v) is 7.42. The molecular formula is C44H42N8. The molecule has 8 bridgehead atoms. The first-order valence-electron chi connectivity index (χ1n) is 17.9. The van der Waals surface area contributed by atoms with E-state index in [4.69, 9.17) is 9.97 Å². The number of aromatic nitrogens is 4. The summed E-state index contributed by atoms with van der Waals surface area (Å²) in [7, 11) is 8.45. The van der Waals surface area contributed by atoms with Crippen LogP contribution in [0.15, 0.2) is 109 Å². The summed E-state index contributed by atoms with van der Waals surface area (Å²) in [6.07, 6.45) is 33.4. The summed E-state index contributed by atoms with van der Waals surface area (Å²) in [5.41, 5.74) is 16.9. The highest BCUT2D eigenvalue weighted by atomic mass is 15.1. The van der Waals surface area contributed by atoms with Crippen molar-refractivity contribution >= 4 is 62.6 Å². The van der Waals surface area contributed by atoms with Crippen LogP contribution in [-0.2, 0) is 0 Å². The van der Waals surface area contributed by atoms with Crippen molar-refractivity contribution in [3.8, 4) is 0 Å². The zero-order chi connectivity index (χ0) is 35.3. The number of rotatable bonds is 4. The molecule has 6 aliphatic heterocycles. The number of aromatic amines is 2. The topological polar surface area (TPSA) is 70.3 Å².